The maximum absolute atomic E-state index is 10.3. The molecule has 1 saturated heterocycles. The van der Waals surface area contributed by atoms with Gasteiger partial charge < -0.3 is 10.2 Å². The Bertz CT molecular complexity index is 223. The minimum Gasteiger partial charge on any atom is -0.396 e. The zero-order valence-electron chi connectivity index (χ0n) is 9.16. The first kappa shape index (κ1) is 10.4. The fourth-order valence-corrected chi connectivity index (χ4v) is 2.90. The van der Waals surface area contributed by atoms with Crippen molar-refractivity contribution in [3.63, 3.8) is 0 Å². The lowest BCUT2D eigenvalue weighted by Crippen LogP contribution is -2.65. The van der Waals surface area contributed by atoms with Gasteiger partial charge in [0.1, 0.15) is 0 Å². The van der Waals surface area contributed by atoms with E-state index in [1.165, 1.54) is 0 Å². The Hall–Kier alpha value is -0.120. The van der Waals surface area contributed by atoms with Gasteiger partial charge in [-0.05, 0) is 33.1 Å². The van der Waals surface area contributed by atoms with Gasteiger partial charge in [-0.25, -0.2) is 0 Å². The molecule has 1 aliphatic heterocycles. The number of nitrogens with zero attached hydrogens (tertiary/aromatic N) is 1. The molecule has 1 aliphatic carbocycles. The average Bonchev–Trinajstić information content (AvgIpc) is 2.25. The van der Waals surface area contributed by atoms with Crippen molar-refractivity contribution in [3.8, 4) is 0 Å². The summed E-state index contributed by atoms with van der Waals surface area (Å²) in [5, 5.41) is 19.3. The van der Waals surface area contributed by atoms with Crippen LogP contribution in [-0.4, -0.2) is 45.9 Å². The van der Waals surface area contributed by atoms with Gasteiger partial charge in [-0.1, -0.05) is 0 Å². The third-order valence-electron chi connectivity index (χ3n) is 4.40. The summed E-state index contributed by atoms with van der Waals surface area (Å²) in [5.74, 6) is 0.434. The van der Waals surface area contributed by atoms with E-state index in [0.29, 0.717) is 5.92 Å². The van der Waals surface area contributed by atoms with Crippen molar-refractivity contribution in [2.45, 2.75) is 44.2 Å². The van der Waals surface area contributed by atoms with Crippen LogP contribution in [0.15, 0.2) is 0 Å². The van der Waals surface area contributed by atoms with E-state index in [9.17, 15) is 5.11 Å². The van der Waals surface area contributed by atoms with Crippen LogP contribution in [0.2, 0.25) is 0 Å². The molecule has 14 heavy (non-hydrogen) atoms. The van der Waals surface area contributed by atoms with Crippen molar-refractivity contribution in [1.29, 1.82) is 0 Å². The molecular formula is C11H21NO2. The summed E-state index contributed by atoms with van der Waals surface area (Å²) >= 11 is 0. The molecule has 3 nitrogen and oxygen atoms in total. The largest absolute Gasteiger partial charge is 0.396 e. The molecule has 1 heterocycles. The molecule has 0 bridgehead atoms. The second-order valence-electron chi connectivity index (χ2n) is 5.35. The van der Waals surface area contributed by atoms with Crippen LogP contribution in [-0.2, 0) is 0 Å². The van der Waals surface area contributed by atoms with Crippen LogP contribution in [0.5, 0.6) is 0 Å². The molecule has 0 radical (unpaired) electrons. The molecule has 3 heteroatoms. The van der Waals surface area contributed by atoms with Crippen LogP contribution in [0.1, 0.15) is 33.1 Å². The van der Waals surface area contributed by atoms with Gasteiger partial charge >= 0.3 is 0 Å². The van der Waals surface area contributed by atoms with E-state index in [1.54, 1.807) is 0 Å². The Morgan fingerprint density at radius 3 is 2.36 bits per heavy atom. The van der Waals surface area contributed by atoms with E-state index in [2.05, 4.69) is 11.8 Å². The second kappa shape index (κ2) is 3.19. The Morgan fingerprint density at radius 1 is 1.29 bits per heavy atom. The average molecular weight is 199 g/mol. The molecule has 2 fully saturated rings. The van der Waals surface area contributed by atoms with Crippen molar-refractivity contribution < 1.29 is 10.2 Å². The minimum absolute atomic E-state index is 0.0569. The maximum Gasteiger partial charge on any atom is 0.0799 e. The van der Waals surface area contributed by atoms with Crippen molar-refractivity contribution in [2.24, 2.45) is 5.92 Å². The Balaban J connectivity index is 2.03. The molecule has 2 rings (SSSR count). The molecule has 0 amide bonds. The lowest BCUT2D eigenvalue weighted by Gasteiger charge is -2.53. The van der Waals surface area contributed by atoms with Gasteiger partial charge in [0.25, 0.3) is 0 Å². The molecule has 2 aliphatic rings. The summed E-state index contributed by atoms with van der Waals surface area (Å²) in [6.45, 7) is 6.29. The SMILES string of the molecule is CC1(O)CCCC1(C)N1CC(CO)C1. The summed E-state index contributed by atoms with van der Waals surface area (Å²) in [4.78, 5) is 2.33. The van der Waals surface area contributed by atoms with Crippen LogP contribution in [0, 0.1) is 5.92 Å². The fourth-order valence-electron chi connectivity index (χ4n) is 2.90. The molecule has 2 unspecified atom stereocenters. The van der Waals surface area contributed by atoms with Crippen LogP contribution in [0.4, 0.5) is 0 Å². The molecular weight excluding hydrogens is 178 g/mol. The zero-order chi connectivity index (χ0) is 10.4. The predicted octanol–water partition coefficient (Wildman–Crippen LogP) is 0.604. The van der Waals surface area contributed by atoms with Crippen LogP contribution in [0.3, 0.4) is 0 Å². The Labute approximate surface area is 85.7 Å². The lowest BCUT2D eigenvalue weighted by atomic mass is 9.80. The minimum atomic E-state index is -0.548. The normalized spacial score (nSPS) is 45.4. The summed E-state index contributed by atoms with van der Waals surface area (Å²) in [6.07, 6.45) is 3.10. The molecule has 1 saturated carbocycles. The highest BCUT2D eigenvalue weighted by Crippen LogP contribution is 2.45. The third-order valence-corrected chi connectivity index (χ3v) is 4.40. The van der Waals surface area contributed by atoms with Crippen molar-refractivity contribution >= 4 is 0 Å². The summed E-state index contributed by atoms with van der Waals surface area (Å²) in [7, 11) is 0. The number of aliphatic hydroxyl groups is 2. The van der Waals surface area contributed by atoms with E-state index in [-0.39, 0.29) is 12.1 Å². The van der Waals surface area contributed by atoms with Gasteiger partial charge in [0.2, 0.25) is 0 Å². The second-order valence-corrected chi connectivity index (χ2v) is 5.35. The van der Waals surface area contributed by atoms with E-state index in [0.717, 1.165) is 32.4 Å². The van der Waals surface area contributed by atoms with Gasteiger partial charge in [-0.3, -0.25) is 4.90 Å². The Morgan fingerprint density at radius 2 is 1.93 bits per heavy atom. The molecule has 0 aromatic heterocycles. The number of likely N-dealkylation sites (tertiary alicyclic amines) is 1. The van der Waals surface area contributed by atoms with Gasteiger partial charge in [0.15, 0.2) is 0 Å². The zero-order valence-corrected chi connectivity index (χ0v) is 9.16. The monoisotopic (exact) mass is 199 g/mol. The Kier molecular flexibility index (Phi) is 2.37. The van der Waals surface area contributed by atoms with Gasteiger partial charge in [0.05, 0.1) is 5.60 Å². The molecule has 0 aromatic rings. The number of hydrogen-bond donors (Lipinski definition) is 2. The molecule has 0 spiro atoms. The highest BCUT2D eigenvalue weighted by Gasteiger charge is 2.53. The highest BCUT2D eigenvalue weighted by molar-refractivity contribution is 5.09. The molecule has 2 N–H and O–H groups in total. The molecule has 0 aromatic carbocycles. The van der Waals surface area contributed by atoms with Gasteiger partial charge in [0, 0.05) is 31.2 Å². The van der Waals surface area contributed by atoms with E-state index >= 15 is 0 Å². The van der Waals surface area contributed by atoms with E-state index in [4.69, 9.17) is 5.11 Å². The predicted molar refractivity (Wildman–Crippen MR) is 55.0 cm³/mol. The first-order valence-corrected chi connectivity index (χ1v) is 5.58. The summed E-state index contributed by atoms with van der Waals surface area (Å²) in [6, 6.07) is 0. The standard InChI is InChI=1S/C11H21NO2/c1-10(4-3-5-11(10,2)14)12-6-9(7-12)8-13/h9,13-14H,3-8H2,1-2H3. The highest BCUT2D eigenvalue weighted by atomic mass is 16.3. The fraction of sp³-hybridized carbons (Fsp3) is 1.00. The van der Waals surface area contributed by atoms with Crippen molar-refractivity contribution in [2.75, 3.05) is 19.7 Å². The van der Waals surface area contributed by atoms with Crippen LogP contribution >= 0.6 is 0 Å². The van der Waals surface area contributed by atoms with Crippen LogP contribution in [0.25, 0.3) is 0 Å². The van der Waals surface area contributed by atoms with Gasteiger partial charge in [-0.2, -0.15) is 0 Å². The number of aliphatic hydroxyl groups excluding tert-OH is 1. The first-order valence-electron chi connectivity index (χ1n) is 5.58. The van der Waals surface area contributed by atoms with E-state index < -0.39 is 5.60 Å². The first-order chi connectivity index (χ1) is 6.49. The summed E-state index contributed by atoms with van der Waals surface area (Å²) in [5.41, 5.74) is -0.605. The maximum atomic E-state index is 10.3. The quantitative estimate of drug-likeness (QED) is 0.684. The lowest BCUT2D eigenvalue weighted by molar-refractivity contribution is -0.120. The number of hydrogen-bond acceptors (Lipinski definition) is 3. The third kappa shape index (κ3) is 1.30. The molecule has 2 atom stereocenters. The van der Waals surface area contributed by atoms with Crippen LogP contribution < -0.4 is 0 Å². The number of rotatable bonds is 2. The van der Waals surface area contributed by atoms with Crippen molar-refractivity contribution in [1.82, 2.24) is 4.90 Å². The molecule has 82 valence electrons. The smallest absolute Gasteiger partial charge is 0.0799 e. The summed E-state index contributed by atoms with van der Waals surface area (Å²) < 4.78 is 0. The van der Waals surface area contributed by atoms with Crippen molar-refractivity contribution in [3.05, 3.63) is 0 Å². The topological polar surface area (TPSA) is 43.7 Å². The van der Waals surface area contributed by atoms with E-state index in [1.807, 2.05) is 6.92 Å². The van der Waals surface area contributed by atoms with Gasteiger partial charge in [-0.15, -0.1) is 0 Å².